The van der Waals surface area contributed by atoms with Crippen molar-refractivity contribution in [2.24, 2.45) is 0 Å². The normalized spacial score (nSPS) is 19.7. The van der Waals surface area contributed by atoms with E-state index < -0.39 is 0 Å². The smallest absolute Gasteiger partial charge is 0.272 e. The highest BCUT2D eigenvalue weighted by Gasteiger charge is 2.39. The molecular formula is C9H13N3O. The number of aromatic nitrogens is 2. The summed E-state index contributed by atoms with van der Waals surface area (Å²) in [5.74, 6) is 0.0498. The van der Waals surface area contributed by atoms with Crippen LogP contribution in [0.3, 0.4) is 0 Å². The van der Waals surface area contributed by atoms with E-state index in [-0.39, 0.29) is 11.4 Å². The van der Waals surface area contributed by atoms with Crippen LogP contribution in [0.5, 0.6) is 0 Å². The maximum absolute atomic E-state index is 11.8. The average Bonchev–Trinajstić information content (AvgIpc) is 2.54. The van der Waals surface area contributed by atoms with Crippen LogP contribution in [0.25, 0.3) is 0 Å². The Morgan fingerprint density at radius 2 is 2.46 bits per heavy atom. The molecule has 0 spiro atoms. The number of nitrogens with zero attached hydrogens (tertiary/aromatic N) is 2. The van der Waals surface area contributed by atoms with Crippen LogP contribution in [-0.4, -0.2) is 33.1 Å². The molecule has 1 aliphatic heterocycles. The Balaban J connectivity index is 2.15. The summed E-state index contributed by atoms with van der Waals surface area (Å²) in [6, 6.07) is 1.71. The number of rotatable bonds is 1. The first kappa shape index (κ1) is 8.29. The van der Waals surface area contributed by atoms with Crippen molar-refractivity contribution in [1.82, 2.24) is 15.1 Å². The number of aromatic amines is 1. The number of H-pyrrole nitrogens is 1. The summed E-state index contributed by atoms with van der Waals surface area (Å²) in [6.45, 7) is 5.00. The molecule has 4 nitrogen and oxygen atoms in total. The molecular weight excluding hydrogens is 166 g/mol. The molecule has 1 N–H and O–H groups in total. The lowest BCUT2D eigenvalue weighted by atomic mass is 9.88. The molecule has 0 radical (unpaired) electrons. The largest absolute Gasteiger partial charge is 0.332 e. The van der Waals surface area contributed by atoms with E-state index in [0.29, 0.717) is 5.69 Å². The highest BCUT2D eigenvalue weighted by molar-refractivity contribution is 5.93. The first-order valence-corrected chi connectivity index (χ1v) is 4.42. The van der Waals surface area contributed by atoms with Gasteiger partial charge in [0.25, 0.3) is 5.91 Å². The fourth-order valence-corrected chi connectivity index (χ4v) is 1.57. The van der Waals surface area contributed by atoms with E-state index in [9.17, 15) is 4.79 Å². The van der Waals surface area contributed by atoms with Crippen LogP contribution in [0.4, 0.5) is 0 Å². The molecule has 0 aromatic carbocycles. The Kier molecular flexibility index (Phi) is 1.65. The van der Waals surface area contributed by atoms with E-state index in [1.165, 1.54) is 0 Å². The molecule has 2 rings (SSSR count). The molecule has 1 aromatic heterocycles. The fourth-order valence-electron chi connectivity index (χ4n) is 1.57. The zero-order valence-corrected chi connectivity index (χ0v) is 7.87. The number of amides is 1. The van der Waals surface area contributed by atoms with Gasteiger partial charge in [0.15, 0.2) is 0 Å². The molecule has 0 aliphatic carbocycles. The van der Waals surface area contributed by atoms with Gasteiger partial charge >= 0.3 is 0 Å². The van der Waals surface area contributed by atoms with Gasteiger partial charge in [-0.25, -0.2) is 0 Å². The fraction of sp³-hybridized carbons (Fsp3) is 0.556. The van der Waals surface area contributed by atoms with E-state index in [1.807, 2.05) is 4.90 Å². The van der Waals surface area contributed by atoms with Gasteiger partial charge in [-0.3, -0.25) is 9.89 Å². The van der Waals surface area contributed by atoms with Gasteiger partial charge in [-0.1, -0.05) is 0 Å². The third kappa shape index (κ3) is 1.22. The standard InChI is InChI=1S/C9H13N3O/c1-9(2)4-6-12(9)8(13)7-3-5-10-11-7/h3,5H,4,6H2,1-2H3,(H,10,11). The van der Waals surface area contributed by atoms with Gasteiger partial charge in [0.2, 0.25) is 0 Å². The van der Waals surface area contributed by atoms with Crippen LogP contribution >= 0.6 is 0 Å². The zero-order valence-electron chi connectivity index (χ0n) is 7.87. The molecule has 1 aliphatic rings. The maximum Gasteiger partial charge on any atom is 0.272 e. The van der Waals surface area contributed by atoms with Crippen molar-refractivity contribution >= 4 is 5.91 Å². The number of carbonyl (C=O) groups excluding carboxylic acids is 1. The summed E-state index contributed by atoms with van der Waals surface area (Å²) in [5.41, 5.74) is 0.593. The summed E-state index contributed by atoms with van der Waals surface area (Å²) in [6.07, 6.45) is 2.67. The molecule has 4 heteroatoms. The topological polar surface area (TPSA) is 49.0 Å². The second-order valence-corrected chi connectivity index (χ2v) is 3.99. The van der Waals surface area contributed by atoms with Crippen LogP contribution in [0.15, 0.2) is 12.3 Å². The predicted octanol–water partition coefficient (Wildman–Crippen LogP) is 1.03. The van der Waals surface area contributed by atoms with E-state index in [1.54, 1.807) is 12.3 Å². The summed E-state index contributed by atoms with van der Waals surface area (Å²) < 4.78 is 0. The average molecular weight is 179 g/mol. The molecule has 2 heterocycles. The SMILES string of the molecule is CC1(C)CCN1C(=O)c1ccn[nH]1. The zero-order chi connectivity index (χ0) is 9.47. The van der Waals surface area contributed by atoms with Crippen molar-refractivity contribution < 1.29 is 4.79 Å². The van der Waals surface area contributed by atoms with Gasteiger partial charge < -0.3 is 4.90 Å². The van der Waals surface area contributed by atoms with Crippen LogP contribution < -0.4 is 0 Å². The molecule has 1 fully saturated rings. The van der Waals surface area contributed by atoms with Crippen molar-refractivity contribution in [2.45, 2.75) is 25.8 Å². The Morgan fingerprint density at radius 1 is 1.69 bits per heavy atom. The number of nitrogens with one attached hydrogen (secondary N) is 1. The number of hydrogen-bond acceptors (Lipinski definition) is 2. The number of carbonyl (C=O) groups is 1. The minimum absolute atomic E-state index is 0.0161. The molecule has 13 heavy (non-hydrogen) atoms. The minimum atomic E-state index is 0.0161. The molecule has 0 bridgehead atoms. The lowest BCUT2D eigenvalue weighted by Gasteiger charge is -2.48. The highest BCUT2D eigenvalue weighted by Crippen LogP contribution is 2.30. The van der Waals surface area contributed by atoms with E-state index >= 15 is 0 Å². The number of hydrogen-bond donors (Lipinski definition) is 1. The van der Waals surface area contributed by atoms with E-state index in [2.05, 4.69) is 24.0 Å². The van der Waals surface area contributed by atoms with Gasteiger partial charge in [0.1, 0.15) is 5.69 Å². The highest BCUT2D eigenvalue weighted by atomic mass is 16.2. The van der Waals surface area contributed by atoms with Crippen molar-refractivity contribution in [3.05, 3.63) is 18.0 Å². The maximum atomic E-state index is 11.8. The van der Waals surface area contributed by atoms with Gasteiger partial charge in [0, 0.05) is 18.3 Å². The first-order valence-electron chi connectivity index (χ1n) is 4.42. The van der Waals surface area contributed by atoms with Gasteiger partial charge in [0.05, 0.1) is 0 Å². The summed E-state index contributed by atoms with van der Waals surface area (Å²) >= 11 is 0. The molecule has 70 valence electrons. The molecule has 1 saturated heterocycles. The van der Waals surface area contributed by atoms with Gasteiger partial charge in [-0.15, -0.1) is 0 Å². The summed E-state index contributed by atoms with van der Waals surface area (Å²) in [7, 11) is 0. The Labute approximate surface area is 76.9 Å². The second-order valence-electron chi connectivity index (χ2n) is 3.99. The van der Waals surface area contributed by atoms with Crippen LogP contribution in [0.1, 0.15) is 30.8 Å². The lowest BCUT2D eigenvalue weighted by molar-refractivity contribution is 0.0152. The second kappa shape index (κ2) is 2.58. The van der Waals surface area contributed by atoms with Crippen molar-refractivity contribution in [3.8, 4) is 0 Å². The minimum Gasteiger partial charge on any atom is -0.332 e. The Morgan fingerprint density at radius 3 is 2.85 bits per heavy atom. The van der Waals surface area contributed by atoms with Crippen LogP contribution in [0, 0.1) is 0 Å². The number of likely N-dealkylation sites (tertiary alicyclic amines) is 1. The third-order valence-electron chi connectivity index (χ3n) is 2.65. The van der Waals surface area contributed by atoms with Gasteiger partial charge in [-0.2, -0.15) is 5.10 Å². The molecule has 0 atom stereocenters. The summed E-state index contributed by atoms with van der Waals surface area (Å²) in [5, 5.41) is 6.44. The van der Waals surface area contributed by atoms with Gasteiger partial charge in [-0.05, 0) is 26.3 Å². The van der Waals surface area contributed by atoms with Crippen molar-refractivity contribution in [1.29, 1.82) is 0 Å². The van der Waals surface area contributed by atoms with Crippen molar-refractivity contribution in [2.75, 3.05) is 6.54 Å². The first-order chi connectivity index (χ1) is 6.11. The van der Waals surface area contributed by atoms with Crippen LogP contribution in [0.2, 0.25) is 0 Å². The molecule has 1 amide bonds. The predicted molar refractivity (Wildman–Crippen MR) is 48.3 cm³/mol. The van der Waals surface area contributed by atoms with Crippen molar-refractivity contribution in [3.63, 3.8) is 0 Å². The van der Waals surface area contributed by atoms with Crippen LogP contribution in [-0.2, 0) is 0 Å². The Hall–Kier alpha value is -1.32. The quantitative estimate of drug-likeness (QED) is 0.700. The summed E-state index contributed by atoms with van der Waals surface area (Å²) in [4.78, 5) is 13.6. The molecule has 1 aromatic rings. The lowest BCUT2D eigenvalue weighted by Crippen LogP contribution is -2.58. The molecule has 0 unspecified atom stereocenters. The monoisotopic (exact) mass is 179 g/mol. The Bertz CT molecular complexity index is 316. The third-order valence-corrected chi connectivity index (χ3v) is 2.65. The van der Waals surface area contributed by atoms with E-state index in [0.717, 1.165) is 13.0 Å². The van der Waals surface area contributed by atoms with E-state index in [4.69, 9.17) is 0 Å². The molecule has 0 saturated carbocycles.